The van der Waals surface area contributed by atoms with E-state index in [9.17, 15) is 4.79 Å². The smallest absolute Gasteiger partial charge is 0.325 e. The second-order valence-corrected chi connectivity index (χ2v) is 4.99. The number of carbonyl (C=O) groups is 1. The highest BCUT2D eigenvalue weighted by molar-refractivity contribution is 5.79. The number of esters is 1. The van der Waals surface area contributed by atoms with E-state index in [1.165, 1.54) is 7.11 Å². The topological polar surface area (TPSA) is 38.8 Å². The van der Waals surface area contributed by atoms with Crippen LogP contribution in [0.25, 0.3) is 0 Å². The number of likely N-dealkylation sites (N-methyl/N-ethyl adjacent to an activating group) is 1. The minimum Gasteiger partial charge on any atom is -0.468 e. The quantitative estimate of drug-likeness (QED) is 0.681. The molecule has 0 aromatic carbocycles. The van der Waals surface area contributed by atoms with Crippen molar-refractivity contribution in [3.63, 3.8) is 0 Å². The van der Waals surface area contributed by atoms with Gasteiger partial charge in [0.25, 0.3) is 0 Å². The van der Waals surface area contributed by atoms with Gasteiger partial charge in [-0.1, -0.05) is 0 Å². The van der Waals surface area contributed by atoms with Gasteiger partial charge in [0.15, 0.2) is 0 Å². The van der Waals surface area contributed by atoms with Crippen LogP contribution in [-0.2, 0) is 14.3 Å². The van der Waals surface area contributed by atoms with E-state index < -0.39 is 5.54 Å². The molecule has 0 unspecified atom stereocenters. The molecule has 0 atom stereocenters. The highest BCUT2D eigenvalue weighted by atomic mass is 16.5. The standard InChI is InChI=1S/C12H23NO3/c1-12(2,11(14)15-4)13(3)9-10-5-7-16-8-6-10/h10H,5-9H2,1-4H3. The zero-order valence-corrected chi connectivity index (χ0v) is 10.8. The van der Waals surface area contributed by atoms with Gasteiger partial charge in [-0.3, -0.25) is 9.69 Å². The molecule has 1 rings (SSSR count). The lowest BCUT2D eigenvalue weighted by Gasteiger charge is -2.36. The van der Waals surface area contributed by atoms with E-state index in [0.717, 1.165) is 32.6 Å². The van der Waals surface area contributed by atoms with Crippen molar-refractivity contribution in [3.05, 3.63) is 0 Å². The van der Waals surface area contributed by atoms with Crippen LogP contribution in [0.4, 0.5) is 0 Å². The van der Waals surface area contributed by atoms with Gasteiger partial charge in [0.05, 0.1) is 7.11 Å². The second-order valence-electron chi connectivity index (χ2n) is 4.99. The molecule has 4 nitrogen and oxygen atoms in total. The molecule has 0 saturated carbocycles. The van der Waals surface area contributed by atoms with E-state index in [2.05, 4.69) is 4.90 Å². The van der Waals surface area contributed by atoms with Crippen LogP contribution in [0.2, 0.25) is 0 Å². The van der Waals surface area contributed by atoms with Gasteiger partial charge in [0.1, 0.15) is 5.54 Å². The molecule has 4 heteroatoms. The van der Waals surface area contributed by atoms with Gasteiger partial charge in [-0.25, -0.2) is 0 Å². The van der Waals surface area contributed by atoms with Gasteiger partial charge in [-0.05, 0) is 39.7 Å². The van der Waals surface area contributed by atoms with E-state index >= 15 is 0 Å². The number of rotatable bonds is 4. The minimum absolute atomic E-state index is 0.179. The number of methoxy groups -OCH3 is 1. The summed E-state index contributed by atoms with van der Waals surface area (Å²) in [6.45, 7) is 6.41. The number of carbonyl (C=O) groups excluding carboxylic acids is 1. The summed E-state index contributed by atoms with van der Waals surface area (Å²) in [6, 6.07) is 0. The maximum Gasteiger partial charge on any atom is 0.325 e. The lowest BCUT2D eigenvalue weighted by atomic mass is 9.96. The molecule has 0 spiro atoms. The summed E-state index contributed by atoms with van der Waals surface area (Å²) in [5, 5.41) is 0. The Kier molecular flexibility index (Phi) is 4.74. The van der Waals surface area contributed by atoms with Crippen LogP contribution < -0.4 is 0 Å². The largest absolute Gasteiger partial charge is 0.468 e. The van der Waals surface area contributed by atoms with Crippen LogP contribution in [0.1, 0.15) is 26.7 Å². The summed E-state index contributed by atoms with van der Waals surface area (Å²) in [7, 11) is 3.42. The van der Waals surface area contributed by atoms with E-state index in [1.54, 1.807) is 0 Å². The predicted molar refractivity (Wildman–Crippen MR) is 62.3 cm³/mol. The zero-order chi connectivity index (χ0) is 12.2. The molecule has 0 aromatic rings. The van der Waals surface area contributed by atoms with Crippen LogP contribution in [0.5, 0.6) is 0 Å². The molecule has 0 radical (unpaired) electrons. The van der Waals surface area contributed by atoms with Crippen molar-refractivity contribution in [2.75, 3.05) is 33.9 Å². The molecule has 0 aliphatic carbocycles. The van der Waals surface area contributed by atoms with Crippen LogP contribution in [0.15, 0.2) is 0 Å². The fraction of sp³-hybridized carbons (Fsp3) is 0.917. The SMILES string of the molecule is COC(=O)C(C)(C)N(C)CC1CCOCC1. The molecule has 94 valence electrons. The Balaban J connectivity index is 2.49. The molecule has 0 bridgehead atoms. The van der Waals surface area contributed by atoms with E-state index in [1.807, 2.05) is 20.9 Å². The molecule has 1 heterocycles. The van der Waals surface area contributed by atoms with Gasteiger partial charge in [-0.2, -0.15) is 0 Å². The molecular formula is C12H23NO3. The summed E-state index contributed by atoms with van der Waals surface area (Å²) in [6.07, 6.45) is 2.17. The lowest BCUT2D eigenvalue weighted by molar-refractivity contribution is -0.152. The Morgan fingerprint density at radius 2 is 2.00 bits per heavy atom. The Morgan fingerprint density at radius 1 is 1.44 bits per heavy atom. The predicted octanol–water partition coefficient (Wildman–Crippen LogP) is 1.30. The Bertz CT molecular complexity index is 234. The summed E-state index contributed by atoms with van der Waals surface area (Å²) in [5.74, 6) is 0.449. The summed E-state index contributed by atoms with van der Waals surface area (Å²) in [4.78, 5) is 13.7. The fourth-order valence-electron chi connectivity index (χ4n) is 1.95. The lowest BCUT2D eigenvalue weighted by Crippen LogP contribution is -2.50. The van der Waals surface area contributed by atoms with E-state index in [4.69, 9.17) is 9.47 Å². The molecule has 16 heavy (non-hydrogen) atoms. The first-order valence-corrected chi connectivity index (χ1v) is 5.86. The third-order valence-electron chi connectivity index (χ3n) is 3.51. The Morgan fingerprint density at radius 3 is 2.50 bits per heavy atom. The molecule has 0 amide bonds. The first kappa shape index (κ1) is 13.5. The highest BCUT2D eigenvalue weighted by Crippen LogP contribution is 2.21. The van der Waals surface area contributed by atoms with Crippen molar-refractivity contribution >= 4 is 5.97 Å². The zero-order valence-electron chi connectivity index (χ0n) is 10.8. The van der Waals surface area contributed by atoms with Gasteiger partial charge in [0.2, 0.25) is 0 Å². The summed E-state index contributed by atoms with van der Waals surface area (Å²) < 4.78 is 10.1. The van der Waals surface area contributed by atoms with Crippen molar-refractivity contribution < 1.29 is 14.3 Å². The monoisotopic (exact) mass is 229 g/mol. The summed E-state index contributed by atoms with van der Waals surface area (Å²) >= 11 is 0. The van der Waals surface area contributed by atoms with Crippen molar-refractivity contribution in [2.45, 2.75) is 32.2 Å². The third-order valence-corrected chi connectivity index (χ3v) is 3.51. The molecular weight excluding hydrogens is 206 g/mol. The van der Waals surface area contributed by atoms with Crippen molar-refractivity contribution in [1.82, 2.24) is 4.90 Å². The van der Waals surface area contributed by atoms with Crippen LogP contribution in [0, 0.1) is 5.92 Å². The second kappa shape index (κ2) is 5.64. The number of hydrogen-bond acceptors (Lipinski definition) is 4. The average Bonchev–Trinajstić information content (AvgIpc) is 2.29. The first-order chi connectivity index (χ1) is 7.48. The third kappa shape index (κ3) is 3.19. The maximum absolute atomic E-state index is 11.6. The van der Waals surface area contributed by atoms with Crippen LogP contribution in [0.3, 0.4) is 0 Å². The van der Waals surface area contributed by atoms with Crippen LogP contribution >= 0.6 is 0 Å². The average molecular weight is 229 g/mol. The minimum atomic E-state index is -0.549. The summed E-state index contributed by atoms with van der Waals surface area (Å²) in [5.41, 5.74) is -0.549. The van der Waals surface area contributed by atoms with Crippen molar-refractivity contribution in [2.24, 2.45) is 5.92 Å². The Hall–Kier alpha value is -0.610. The van der Waals surface area contributed by atoms with E-state index in [0.29, 0.717) is 5.92 Å². The molecule has 1 aliphatic heterocycles. The normalized spacial score (nSPS) is 18.8. The van der Waals surface area contributed by atoms with Gasteiger partial charge >= 0.3 is 5.97 Å². The molecule has 1 aliphatic rings. The van der Waals surface area contributed by atoms with Gasteiger partial charge in [0, 0.05) is 19.8 Å². The van der Waals surface area contributed by atoms with Gasteiger partial charge in [-0.15, -0.1) is 0 Å². The van der Waals surface area contributed by atoms with Crippen molar-refractivity contribution in [1.29, 1.82) is 0 Å². The fourth-order valence-corrected chi connectivity index (χ4v) is 1.95. The molecule has 0 N–H and O–H groups in total. The van der Waals surface area contributed by atoms with Gasteiger partial charge < -0.3 is 9.47 Å². The maximum atomic E-state index is 11.6. The first-order valence-electron chi connectivity index (χ1n) is 5.86. The molecule has 0 aromatic heterocycles. The number of nitrogens with zero attached hydrogens (tertiary/aromatic N) is 1. The van der Waals surface area contributed by atoms with E-state index in [-0.39, 0.29) is 5.97 Å². The Labute approximate surface area is 97.9 Å². The molecule has 1 fully saturated rings. The van der Waals surface area contributed by atoms with Crippen molar-refractivity contribution in [3.8, 4) is 0 Å². The van der Waals surface area contributed by atoms with Crippen LogP contribution in [-0.4, -0.2) is 50.3 Å². The molecule has 1 saturated heterocycles. The highest BCUT2D eigenvalue weighted by Gasteiger charge is 2.34. The number of hydrogen-bond donors (Lipinski definition) is 0. The number of ether oxygens (including phenoxy) is 2.